The number of rotatable bonds is 4. The summed E-state index contributed by atoms with van der Waals surface area (Å²) in [7, 11) is 0. The van der Waals surface area contributed by atoms with Crippen molar-refractivity contribution in [3.05, 3.63) is 35.2 Å². The second-order valence-corrected chi connectivity index (χ2v) is 6.72. The van der Waals surface area contributed by atoms with E-state index in [1.165, 1.54) is 5.56 Å². The molecule has 162 valence electrons. The largest absolute Gasteiger partial charge is 0.477 e. The molecular formula is C22H36N4O3. The van der Waals surface area contributed by atoms with Crippen LogP contribution in [0, 0.1) is 0 Å². The molecule has 2 saturated heterocycles. The maximum atomic E-state index is 11.3. The number of anilines is 1. The van der Waals surface area contributed by atoms with Gasteiger partial charge in [-0.15, -0.1) is 0 Å². The molecule has 0 saturated carbocycles. The van der Waals surface area contributed by atoms with Crippen LogP contribution in [0.1, 0.15) is 59.4 Å². The van der Waals surface area contributed by atoms with Crippen LogP contribution < -0.4 is 10.6 Å². The van der Waals surface area contributed by atoms with E-state index in [0.717, 1.165) is 31.3 Å². The molecule has 0 atom stereocenters. The fraction of sp³-hybridized carbons (Fsp3) is 0.591. The van der Waals surface area contributed by atoms with Gasteiger partial charge in [-0.05, 0) is 25.5 Å². The van der Waals surface area contributed by atoms with E-state index in [1.807, 2.05) is 58.7 Å². The average molecular weight is 405 g/mol. The standard InChI is InChI=1S/C18H24N4O3.2C2H6/c1-11(2)21-15-5-6-22(8-14(15)17(19)18(23)24)16-4-3-12(7-20-16)13-9-25-10-13;2*1-2/h3-4,7,11,13H,5-6,8-10,19H2,1-2H3,(H,23,24);2*1-2H3/b17-14-,21-15?;;. The molecule has 7 nitrogen and oxygen atoms in total. The number of aliphatic imine (C=N–C) groups is 1. The zero-order valence-corrected chi connectivity index (χ0v) is 18.6. The van der Waals surface area contributed by atoms with Gasteiger partial charge in [-0.25, -0.2) is 9.78 Å². The highest BCUT2D eigenvalue weighted by atomic mass is 16.5. The Bertz CT molecular complexity index is 707. The van der Waals surface area contributed by atoms with E-state index < -0.39 is 5.97 Å². The molecule has 0 aromatic carbocycles. The summed E-state index contributed by atoms with van der Waals surface area (Å²) < 4.78 is 5.22. The number of pyridine rings is 1. The first kappa shape index (κ1) is 24.6. The highest BCUT2D eigenvalue weighted by Crippen LogP contribution is 2.26. The number of hydrogen-bond donors (Lipinski definition) is 2. The quantitative estimate of drug-likeness (QED) is 0.744. The Kier molecular flexibility index (Phi) is 10.4. The molecule has 0 amide bonds. The number of aromatic nitrogens is 1. The van der Waals surface area contributed by atoms with Crippen molar-refractivity contribution in [1.29, 1.82) is 0 Å². The van der Waals surface area contributed by atoms with Crippen LogP contribution >= 0.6 is 0 Å². The first-order valence-corrected chi connectivity index (χ1v) is 10.5. The van der Waals surface area contributed by atoms with Crippen LogP contribution in [-0.4, -0.2) is 54.1 Å². The summed E-state index contributed by atoms with van der Waals surface area (Å²) in [6.07, 6.45) is 2.53. The second kappa shape index (κ2) is 12.2. The number of carbonyl (C=O) groups is 1. The number of piperidine rings is 1. The number of carboxylic acid groups (broad SMARTS) is 1. The zero-order chi connectivity index (χ0) is 22.0. The molecular weight excluding hydrogens is 368 g/mol. The van der Waals surface area contributed by atoms with Gasteiger partial charge in [0.2, 0.25) is 0 Å². The number of carboxylic acids is 1. The predicted octanol–water partition coefficient (Wildman–Crippen LogP) is 3.60. The highest BCUT2D eigenvalue weighted by Gasteiger charge is 2.26. The van der Waals surface area contributed by atoms with Crippen molar-refractivity contribution in [3.63, 3.8) is 0 Å². The molecule has 0 bridgehead atoms. The van der Waals surface area contributed by atoms with Crippen molar-refractivity contribution < 1.29 is 14.6 Å². The molecule has 0 radical (unpaired) electrons. The Labute approximate surface area is 174 Å². The minimum absolute atomic E-state index is 0.0975. The van der Waals surface area contributed by atoms with Gasteiger partial charge in [0.05, 0.1) is 13.2 Å². The molecule has 2 aliphatic heterocycles. The summed E-state index contributed by atoms with van der Waals surface area (Å²) >= 11 is 0. The van der Waals surface area contributed by atoms with Crippen molar-refractivity contribution in [2.45, 2.75) is 59.9 Å². The molecule has 29 heavy (non-hydrogen) atoms. The van der Waals surface area contributed by atoms with Crippen LogP contribution in [0.25, 0.3) is 0 Å². The van der Waals surface area contributed by atoms with E-state index in [0.29, 0.717) is 24.5 Å². The molecule has 3 rings (SSSR count). The average Bonchev–Trinajstić information content (AvgIpc) is 2.70. The van der Waals surface area contributed by atoms with Crippen molar-refractivity contribution in [1.82, 2.24) is 4.98 Å². The number of ether oxygens (including phenoxy) is 1. The minimum atomic E-state index is -1.11. The van der Waals surface area contributed by atoms with Crippen molar-refractivity contribution >= 4 is 17.5 Å². The van der Waals surface area contributed by atoms with Crippen LogP contribution in [0.3, 0.4) is 0 Å². The third kappa shape index (κ3) is 6.56. The molecule has 3 N–H and O–H groups in total. The highest BCUT2D eigenvalue weighted by molar-refractivity contribution is 6.07. The molecule has 7 heteroatoms. The number of hydrogen-bond acceptors (Lipinski definition) is 6. The lowest BCUT2D eigenvalue weighted by molar-refractivity contribution is -0.132. The van der Waals surface area contributed by atoms with Crippen LogP contribution in [0.5, 0.6) is 0 Å². The number of nitrogens with two attached hydrogens (primary N) is 1. The molecule has 0 aliphatic carbocycles. The van der Waals surface area contributed by atoms with Crippen LogP contribution in [0.15, 0.2) is 34.6 Å². The maximum Gasteiger partial charge on any atom is 0.352 e. The molecule has 0 unspecified atom stereocenters. The number of nitrogens with zero attached hydrogens (tertiary/aromatic N) is 3. The van der Waals surface area contributed by atoms with Crippen LogP contribution in [0.2, 0.25) is 0 Å². The SMILES string of the molecule is CC.CC.CC(C)N=C1CCN(c2ccc(C3COC3)cn2)C/C1=C(/N)C(=O)O. The van der Waals surface area contributed by atoms with E-state index >= 15 is 0 Å². The normalized spacial score (nSPS) is 19.6. The van der Waals surface area contributed by atoms with Gasteiger partial charge in [0.1, 0.15) is 11.5 Å². The summed E-state index contributed by atoms with van der Waals surface area (Å²) in [5.41, 5.74) is 8.24. The van der Waals surface area contributed by atoms with E-state index in [9.17, 15) is 9.90 Å². The predicted molar refractivity (Wildman–Crippen MR) is 119 cm³/mol. The fourth-order valence-corrected chi connectivity index (χ4v) is 3.03. The van der Waals surface area contributed by atoms with E-state index in [4.69, 9.17) is 10.5 Å². The van der Waals surface area contributed by atoms with Crippen molar-refractivity contribution in [3.8, 4) is 0 Å². The lowest BCUT2D eigenvalue weighted by atomic mass is 9.98. The summed E-state index contributed by atoms with van der Waals surface area (Å²) in [5, 5.41) is 9.29. The molecule has 2 aliphatic rings. The zero-order valence-electron chi connectivity index (χ0n) is 18.6. The van der Waals surface area contributed by atoms with Gasteiger partial charge in [-0.3, -0.25) is 4.99 Å². The van der Waals surface area contributed by atoms with Gasteiger partial charge in [0, 0.05) is 49.0 Å². The lowest BCUT2D eigenvalue weighted by Crippen LogP contribution is -2.39. The Hall–Kier alpha value is -2.41. The van der Waals surface area contributed by atoms with Crippen LogP contribution in [0.4, 0.5) is 5.82 Å². The van der Waals surface area contributed by atoms with E-state index in [2.05, 4.69) is 16.0 Å². The third-order valence-electron chi connectivity index (χ3n) is 4.49. The van der Waals surface area contributed by atoms with Gasteiger partial charge in [0.25, 0.3) is 0 Å². The van der Waals surface area contributed by atoms with Gasteiger partial charge >= 0.3 is 5.97 Å². The van der Waals surface area contributed by atoms with Crippen molar-refractivity contribution in [2.24, 2.45) is 10.7 Å². The molecule has 2 fully saturated rings. The van der Waals surface area contributed by atoms with Crippen LogP contribution in [-0.2, 0) is 9.53 Å². The van der Waals surface area contributed by atoms with Gasteiger partial charge in [0.15, 0.2) is 0 Å². The Balaban J connectivity index is 0.000000989. The first-order chi connectivity index (χ1) is 14.0. The first-order valence-electron chi connectivity index (χ1n) is 10.5. The maximum absolute atomic E-state index is 11.3. The van der Waals surface area contributed by atoms with Gasteiger partial charge in [-0.1, -0.05) is 33.8 Å². The molecule has 1 aromatic rings. The monoisotopic (exact) mass is 404 g/mol. The minimum Gasteiger partial charge on any atom is -0.477 e. The van der Waals surface area contributed by atoms with E-state index in [1.54, 1.807) is 0 Å². The molecule has 1 aromatic heterocycles. The summed E-state index contributed by atoms with van der Waals surface area (Å²) in [6, 6.07) is 4.14. The smallest absolute Gasteiger partial charge is 0.352 e. The number of aliphatic carboxylic acids is 1. The summed E-state index contributed by atoms with van der Waals surface area (Å²) in [5.74, 6) is 0.149. The van der Waals surface area contributed by atoms with E-state index in [-0.39, 0.29) is 11.7 Å². The van der Waals surface area contributed by atoms with Crippen molar-refractivity contribution in [2.75, 3.05) is 31.2 Å². The Morgan fingerprint density at radius 1 is 1.28 bits per heavy atom. The fourth-order valence-electron chi connectivity index (χ4n) is 3.03. The van der Waals surface area contributed by atoms with Gasteiger partial charge < -0.3 is 20.5 Å². The second-order valence-electron chi connectivity index (χ2n) is 6.72. The Morgan fingerprint density at radius 3 is 2.38 bits per heavy atom. The molecule has 3 heterocycles. The topological polar surface area (TPSA) is 101 Å². The van der Waals surface area contributed by atoms with Gasteiger partial charge in [-0.2, -0.15) is 0 Å². The Morgan fingerprint density at radius 2 is 1.93 bits per heavy atom. The summed E-state index contributed by atoms with van der Waals surface area (Å²) in [4.78, 5) is 22.5. The lowest BCUT2D eigenvalue weighted by Gasteiger charge is -2.32. The third-order valence-corrected chi connectivity index (χ3v) is 4.49. The summed E-state index contributed by atoms with van der Waals surface area (Å²) in [6.45, 7) is 14.6. The molecule has 0 spiro atoms.